The van der Waals surface area contributed by atoms with Gasteiger partial charge in [0.1, 0.15) is 5.82 Å². The number of rotatable bonds is 4. The van der Waals surface area contributed by atoms with Gasteiger partial charge in [-0.1, -0.05) is 6.07 Å². The fourth-order valence-corrected chi connectivity index (χ4v) is 4.34. The predicted molar refractivity (Wildman–Crippen MR) is 100 cm³/mol. The summed E-state index contributed by atoms with van der Waals surface area (Å²) in [5, 5.41) is 3.30. The number of thiazole rings is 1. The molecule has 24 heavy (non-hydrogen) atoms. The molecule has 128 valence electrons. The average molecular weight is 344 g/mol. The molecule has 5 nitrogen and oxygen atoms in total. The molecule has 2 aliphatic heterocycles. The molecule has 4 rings (SSSR count). The maximum absolute atomic E-state index is 4.67. The second kappa shape index (κ2) is 7.07. The molecule has 2 aromatic heterocycles. The maximum atomic E-state index is 4.67. The van der Waals surface area contributed by atoms with Crippen LogP contribution in [0.25, 0.3) is 0 Å². The molecule has 0 spiro atoms. The molecule has 2 fully saturated rings. The minimum absolute atomic E-state index is 0.998. The summed E-state index contributed by atoms with van der Waals surface area (Å²) < 4.78 is 0. The second-order valence-corrected chi connectivity index (χ2v) is 7.59. The van der Waals surface area contributed by atoms with Gasteiger partial charge >= 0.3 is 0 Å². The van der Waals surface area contributed by atoms with Crippen molar-refractivity contribution in [2.45, 2.75) is 26.3 Å². The van der Waals surface area contributed by atoms with Gasteiger partial charge in [0, 0.05) is 57.4 Å². The summed E-state index contributed by atoms with van der Waals surface area (Å²) in [5.41, 5.74) is 2.44. The Morgan fingerprint density at radius 2 is 1.79 bits per heavy atom. The van der Waals surface area contributed by atoms with E-state index in [9.17, 15) is 0 Å². The van der Waals surface area contributed by atoms with E-state index in [0.29, 0.717) is 0 Å². The normalized spacial score (nSPS) is 19.2. The van der Waals surface area contributed by atoms with Crippen LogP contribution in [0.5, 0.6) is 0 Å². The Kier molecular flexibility index (Phi) is 4.67. The van der Waals surface area contributed by atoms with Gasteiger partial charge in [0.25, 0.3) is 0 Å². The fourth-order valence-electron chi connectivity index (χ4n) is 3.49. The van der Waals surface area contributed by atoms with Gasteiger partial charge in [-0.05, 0) is 31.4 Å². The van der Waals surface area contributed by atoms with Gasteiger partial charge in [-0.25, -0.2) is 9.97 Å². The van der Waals surface area contributed by atoms with Crippen LogP contribution in [-0.4, -0.2) is 54.1 Å². The number of nitrogens with zero attached hydrogens (tertiary/aromatic N) is 5. The third-order valence-electron chi connectivity index (χ3n) is 4.90. The number of piperazine rings is 1. The molecular formula is C18H25N5S. The highest BCUT2D eigenvalue weighted by atomic mass is 32.1. The van der Waals surface area contributed by atoms with Crippen LogP contribution in [0.3, 0.4) is 0 Å². The zero-order chi connectivity index (χ0) is 16.4. The average Bonchev–Trinajstić information content (AvgIpc) is 3.28. The van der Waals surface area contributed by atoms with Crippen molar-refractivity contribution in [3.8, 4) is 0 Å². The topological polar surface area (TPSA) is 35.5 Å². The SMILES string of the molecule is Cc1csc(N2CCN(Cc3ccc(N4CCCC4)nc3)CC2)n1. The molecule has 0 aromatic carbocycles. The Hall–Kier alpha value is -1.66. The van der Waals surface area contributed by atoms with E-state index in [1.165, 1.54) is 23.5 Å². The lowest BCUT2D eigenvalue weighted by Crippen LogP contribution is -2.45. The van der Waals surface area contributed by atoms with Gasteiger partial charge in [-0.3, -0.25) is 4.90 Å². The molecule has 2 saturated heterocycles. The summed E-state index contributed by atoms with van der Waals surface area (Å²) >= 11 is 1.76. The van der Waals surface area contributed by atoms with Crippen LogP contribution in [0, 0.1) is 6.92 Å². The summed E-state index contributed by atoms with van der Waals surface area (Å²) in [6.07, 6.45) is 4.66. The van der Waals surface area contributed by atoms with E-state index in [4.69, 9.17) is 0 Å². The third-order valence-corrected chi connectivity index (χ3v) is 5.91. The largest absolute Gasteiger partial charge is 0.357 e. The predicted octanol–water partition coefficient (Wildman–Crippen LogP) is 2.77. The molecule has 0 saturated carbocycles. The van der Waals surface area contributed by atoms with E-state index in [0.717, 1.165) is 57.3 Å². The Bertz CT molecular complexity index is 654. The summed E-state index contributed by atoms with van der Waals surface area (Å²) in [6, 6.07) is 4.44. The van der Waals surface area contributed by atoms with E-state index < -0.39 is 0 Å². The first kappa shape index (κ1) is 15.8. The number of aryl methyl sites for hydroxylation is 1. The second-order valence-electron chi connectivity index (χ2n) is 6.75. The summed E-state index contributed by atoms with van der Waals surface area (Å²) in [4.78, 5) is 16.6. The van der Waals surface area contributed by atoms with E-state index in [1.54, 1.807) is 11.3 Å². The van der Waals surface area contributed by atoms with Crippen molar-refractivity contribution in [2.75, 3.05) is 49.1 Å². The molecule has 0 aliphatic carbocycles. The van der Waals surface area contributed by atoms with Gasteiger partial charge in [-0.2, -0.15) is 0 Å². The number of hydrogen-bond donors (Lipinski definition) is 0. The lowest BCUT2D eigenvalue weighted by molar-refractivity contribution is 0.249. The highest BCUT2D eigenvalue weighted by Gasteiger charge is 2.19. The third kappa shape index (κ3) is 3.54. The Morgan fingerprint density at radius 1 is 1.00 bits per heavy atom. The van der Waals surface area contributed by atoms with Gasteiger partial charge in [0.15, 0.2) is 5.13 Å². The molecule has 0 atom stereocenters. The molecule has 2 aromatic rings. The minimum atomic E-state index is 0.998. The molecule has 2 aliphatic rings. The molecule has 4 heterocycles. The Balaban J connectivity index is 1.30. The van der Waals surface area contributed by atoms with Crippen LogP contribution < -0.4 is 9.80 Å². The molecule has 0 amide bonds. The van der Waals surface area contributed by atoms with E-state index >= 15 is 0 Å². The number of aromatic nitrogens is 2. The van der Waals surface area contributed by atoms with Crippen molar-refractivity contribution in [3.05, 3.63) is 35.0 Å². The van der Waals surface area contributed by atoms with E-state index in [1.807, 2.05) is 0 Å². The van der Waals surface area contributed by atoms with Gasteiger partial charge in [0.05, 0.1) is 5.69 Å². The highest BCUT2D eigenvalue weighted by Crippen LogP contribution is 2.22. The molecule has 0 radical (unpaired) electrons. The van der Waals surface area contributed by atoms with Crippen molar-refractivity contribution in [1.29, 1.82) is 0 Å². The number of anilines is 2. The molecule has 0 bridgehead atoms. The van der Waals surface area contributed by atoms with Crippen molar-refractivity contribution >= 4 is 22.3 Å². The monoisotopic (exact) mass is 343 g/mol. The Morgan fingerprint density at radius 3 is 2.42 bits per heavy atom. The molecule has 0 unspecified atom stereocenters. The van der Waals surface area contributed by atoms with Crippen LogP contribution in [0.4, 0.5) is 10.9 Å². The highest BCUT2D eigenvalue weighted by molar-refractivity contribution is 7.13. The fraction of sp³-hybridized carbons (Fsp3) is 0.556. The maximum Gasteiger partial charge on any atom is 0.185 e. The molecule has 6 heteroatoms. The number of pyridine rings is 1. The minimum Gasteiger partial charge on any atom is -0.357 e. The summed E-state index contributed by atoms with van der Waals surface area (Å²) in [5.74, 6) is 1.14. The van der Waals surface area contributed by atoms with E-state index in [2.05, 4.69) is 55.3 Å². The van der Waals surface area contributed by atoms with Crippen molar-refractivity contribution in [2.24, 2.45) is 0 Å². The number of hydrogen-bond acceptors (Lipinski definition) is 6. The van der Waals surface area contributed by atoms with Crippen molar-refractivity contribution in [1.82, 2.24) is 14.9 Å². The van der Waals surface area contributed by atoms with E-state index in [-0.39, 0.29) is 0 Å². The lowest BCUT2D eigenvalue weighted by atomic mass is 10.2. The first-order valence-electron chi connectivity index (χ1n) is 8.87. The van der Waals surface area contributed by atoms with Crippen LogP contribution in [0.1, 0.15) is 24.1 Å². The lowest BCUT2D eigenvalue weighted by Gasteiger charge is -2.34. The summed E-state index contributed by atoms with van der Waals surface area (Å²) in [6.45, 7) is 9.68. The van der Waals surface area contributed by atoms with Crippen LogP contribution in [0.15, 0.2) is 23.7 Å². The molecule has 0 N–H and O–H groups in total. The van der Waals surface area contributed by atoms with Crippen LogP contribution >= 0.6 is 11.3 Å². The van der Waals surface area contributed by atoms with Gasteiger partial charge in [-0.15, -0.1) is 11.3 Å². The van der Waals surface area contributed by atoms with Crippen LogP contribution in [-0.2, 0) is 6.54 Å². The van der Waals surface area contributed by atoms with Crippen molar-refractivity contribution < 1.29 is 0 Å². The first-order valence-corrected chi connectivity index (χ1v) is 9.75. The standard InChI is InChI=1S/C18H25N5S/c1-15-14-24-18(20-15)23-10-8-21(9-11-23)13-16-4-5-17(19-12-16)22-6-2-3-7-22/h4-5,12,14H,2-3,6-11,13H2,1H3. The summed E-state index contributed by atoms with van der Waals surface area (Å²) in [7, 11) is 0. The zero-order valence-corrected chi connectivity index (χ0v) is 15.1. The first-order chi connectivity index (χ1) is 11.8. The zero-order valence-electron chi connectivity index (χ0n) is 14.3. The molecular weight excluding hydrogens is 318 g/mol. The quantitative estimate of drug-likeness (QED) is 0.853. The smallest absolute Gasteiger partial charge is 0.185 e. The van der Waals surface area contributed by atoms with Crippen molar-refractivity contribution in [3.63, 3.8) is 0 Å². The van der Waals surface area contributed by atoms with Crippen LogP contribution in [0.2, 0.25) is 0 Å². The van der Waals surface area contributed by atoms with Gasteiger partial charge in [0.2, 0.25) is 0 Å². The van der Waals surface area contributed by atoms with Gasteiger partial charge < -0.3 is 9.80 Å². The Labute approximate surface area is 147 Å².